The molecule has 0 aromatic heterocycles. The number of anilines is 1. The molecule has 1 aromatic rings. The van der Waals surface area contributed by atoms with E-state index in [4.69, 9.17) is 0 Å². The number of nitrogens with zero attached hydrogens (tertiary/aromatic N) is 1. The van der Waals surface area contributed by atoms with Gasteiger partial charge in [0.25, 0.3) is 0 Å². The Bertz CT molecular complexity index is 647. The van der Waals surface area contributed by atoms with Gasteiger partial charge in [0.05, 0.1) is 5.60 Å². The molecule has 2 amide bonds. The van der Waals surface area contributed by atoms with Crippen LogP contribution in [0.4, 0.5) is 5.69 Å². The molecule has 1 fully saturated rings. The van der Waals surface area contributed by atoms with Gasteiger partial charge in [0, 0.05) is 24.2 Å². The lowest BCUT2D eigenvalue weighted by Crippen LogP contribution is -2.49. The molecule has 124 valence electrons. The van der Waals surface area contributed by atoms with Crippen LogP contribution in [0.15, 0.2) is 24.3 Å². The smallest absolute Gasteiger partial charge is 0.316 e. The molecule has 5 heteroatoms. The summed E-state index contributed by atoms with van der Waals surface area (Å²) in [6, 6.07) is 7.82. The lowest BCUT2D eigenvalue weighted by Gasteiger charge is -2.28. The van der Waals surface area contributed by atoms with Crippen molar-refractivity contribution in [1.29, 1.82) is 0 Å². The third kappa shape index (κ3) is 2.74. The van der Waals surface area contributed by atoms with E-state index in [0.717, 1.165) is 18.5 Å². The highest BCUT2D eigenvalue weighted by atomic mass is 16.3. The Morgan fingerprint density at radius 2 is 2.00 bits per heavy atom. The number of para-hydroxylation sites is 1. The van der Waals surface area contributed by atoms with Crippen LogP contribution in [0, 0.1) is 5.92 Å². The second-order valence-corrected chi connectivity index (χ2v) is 7.38. The number of aliphatic hydroxyl groups is 1. The number of hydrogen-bond donors (Lipinski definition) is 2. The van der Waals surface area contributed by atoms with Crippen LogP contribution in [0.2, 0.25) is 0 Å². The van der Waals surface area contributed by atoms with Crippen molar-refractivity contribution in [3.05, 3.63) is 29.8 Å². The fourth-order valence-corrected chi connectivity index (χ4v) is 3.05. The Balaban J connectivity index is 1.71. The quantitative estimate of drug-likeness (QED) is 0.832. The van der Waals surface area contributed by atoms with Crippen molar-refractivity contribution in [2.24, 2.45) is 5.92 Å². The average molecular weight is 316 g/mol. The summed E-state index contributed by atoms with van der Waals surface area (Å²) in [5.41, 5.74) is 1.06. The first-order chi connectivity index (χ1) is 10.8. The molecule has 1 saturated carbocycles. The van der Waals surface area contributed by atoms with E-state index >= 15 is 0 Å². The molecule has 1 spiro atoms. The zero-order valence-electron chi connectivity index (χ0n) is 13.9. The Labute approximate surface area is 136 Å². The van der Waals surface area contributed by atoms with Gasteiger partial charge in [0.1, 0.15) is 0 Å². The molecule has 0 radical (unpaired) electrons. The van der Waals surface area contributed by atoms with Gasteiger partial charge in [-0.05, 0) is 37.3 Å². The van der Waals surface area contributed by atoms with Gasteiger partial charge in [-0.3, -0.25) is 9.59 Å². The summed E-state index contributed by atoms with van der Waals surface area (Å²) in [5.74, 6) is -1.21. The normalized spacial score (nSPS) is 20.3. The molecule has 23 heavy (non-hydrogen) atoms. The lowest BCUT2D eigenvalue weighted by atomic mass is 9.92. The molecule has 1 aliphatic carbocycles. The van der Waals surface area contributed by atoms with Crippen LogP contribution >= 0.6 is 0 Å². The van der Waals surface area contributed by atoms with Crippen molar-refractivity contribution < 1.29 is 14.7 Å². The van der Waals surface area contributed by atoms with Crippen LogP contribution in [0.5, 0.6) is 0 Å². The third-order valence-corrected chi connectivity index (χ3v) is 5.37. The summed E-state index contributed by atoms with van der Waals surface area (Å²) in [6.45, 7) is 6.06. The molecule has 0 saturated heterocycles. The molecular weight excluding hydrogens is 292 g/mol. The van der Waals surface area contributed by atoms with Crippen molar-refractivity contribution in [1.82, 2.24) is 5.32 Å². The molecule has 1 atom stereocenters. The maximum atomic E-state index is 12.5. The van der Waals surface area contributed by atoms with Gasteiger partial charge in [0.2, 0.25) is 0 Å². The predicted molar refractivity (Wildman–Crippen MR) is 88.2 cm³/mol. The molecule has 2 N–H and O–H groups in total. The molecule has 1 unspecified atom stereocenters. The predicted octanol–water partition coefficient (Wildman–Crippen LogP) is 1.59. The first-order valence-corrected chi connectivity index (χ1v) is 8.18. The van der Waals surface area contributed by atoms with Crippen LogP contribution in [-0.2, 0) is 15.0 Å². The minimum Gasteiger partial charge on any atom is -0.388 e. The van der Waals surface area contributed by atoms with E-state index in [2.05, 4.69) is 11.4 Å². The largest absolute Gasteiger partial charge is 0.388 e. The van der Waals surface area contributed by atoms with E-state index in [0.29, 0.717) is 6.54 Å². The first-order valence-electron chi connectivity index (χ1n) is 8.18. The van der Waals surface area contributed by atoms with Gasteiger partial charge in [-0.1, -0.05) is 32.0 Å². The van der Waals surface area contributed by atoms with Crippen molar-refractivity contribution in [2.75, 3.05) is 18.0 Å². The fraction of sp³-hybridized carbons (Fsp3) is 0.556. The number of benzene rings is 1. The Morgan fingerprint density at radius 1 is 1.35 bits per heavy atom. The average Bonchev–Trinajstić information content (AvgIpc) is 3.22. The summed E-state index contributed by atoms with van der Waals surface area (Å²) in [5, 5.41) is 12.8. The summed E-state index contributed by atoms with van der Waals surface area (Å²) in [6.07, 6.45) is 2.13. The van der Waals surface area contributed by atoms with Gasteiger partial charge >= 0.3 is 11.8 Å². The summed E-state index contributed by atoms with van der Waals surface area (Å²) >= 11 is 0. The van der Waals surface area contributed by atoms with E-state index in [-0.39, 0.29) is 17.9 Å². The molecule has 5 nitrogen and oxygen atoms in total. The second kappa shape index (κ2) is 5.34. The number of carbonyl (C=O) groups is 2. The molecule has 1 heterocycles. The molecule has 2 aliphatic rings. The maximum Gasteiger partial charge on any atom is 0.316 e. The van der Waals surface area contributed by atoms with Gasteiger partial charge in [-0.15, -0.1) is 0 Å². The van der Waals surface area contributed by atoms with E-state index in [9.17, 15) is 14.7 Å². The highest BCUT2D eigenvalue weighted by Gasteiger charge is 2.53. The highest BCUT2D eigenvalue weighted by Crippen LogP contribution is 2.56. The van der Waals surface area contributed by atoms with E-state index in [1.54, 1.807) is 11.8 Å². The van der Waals surface area contributed by atoms with E-state index in [1.807, 2.05) is 32.0 Å². The Morgan fingerprint density at radius 3 is 2.61 bits per heavy atom. The topological polar surface area (TPSA) is 69.6 Å². The van der Waals surface area contributed by atoms with Gasteiger partial charge in [-0.25, -0.2) is 0 Å². The maximum absolute atomic E-state index is 12.5. The van der Waals surface area contributed by atoms with E-state index < -0.39 is 17.4 Å². The third-order valence-electron chi connectivity index (χ3n) is 5.37. The van der Waals surface area contributed by atoms with Crippen molar-refractivity contribution in [3.8, 4) is 0 Å². The lowest BCUT2D eigenvalue weighted by molar-refractivity contribution is -0.138. The SMILES string of the molecule is CC(C)C(C)(O)CNC(=O)C(=O)N1CC2(CC2)c2ccccc21. The molecule has 0 bridgehead atoms. The van der Waals surface area contributed by atoms with E-state index in [1.165, 1.54) is 5.56 Å². The second-order valence-electron chi connectivity index (χ2n) is 7.38. The fourth-order valence-electron chi connectivity index (χ4n) is 3.05. The number of nitrogens with one attached hydrogen (secondary N) is 1. The van der Waals surface area contributed by atoms with Crippen molar-refractivity contribution >= 4 is 17.5 Å². The van der Waals surface area contributed by atoms with Crippen molar-refractivity contribution in [3.63, 3.8) is 0 Å². The highest BCUT2D eigenvalue weighted by molar-refractivity contribution is 6.40. The summed E-state index contributed by atoms with van der Waals surface area (Å²) in [7, 11) is 0. The minimum atomic E-state index is -1.03. The number of carbonyl (C=O) groups excluding carboxylic acids is 2. The molecule has 1 aromatic carbocycles. The van der Waals surface area contributed by atoms with Crippen LogP contribution in [0.1, 0.15) is 39.2 Å². The monoisotopic (exact) mass is 316 g/mol. The zero-order valence-corrected chi connectivity index (χ0v) is 13.9. The summed E-state index contributed by atoms with van der Waals surface area (Å²) in [4.78, 5) is 26.4. The first kappa shape index (κ1) is 16.0. The van der Waals surface area contributed by atoms with Crippen molar-refractivity contribution in [2.45, 2.75) is 44.6 Å². The van der Waals surface area contributed by atoms with Crippen LogP contribution in [0.25, 0.3) is 0 Å². The Kier molecular flexibility index (Phi) is 3.71. The van der Waals surface area contributed by atoms with Crippen LogP contribution in [0.3, 0.4) is 0 Å². The molecule has 3 rings (SSSR count). The standard InChI is InChI=1S/C18H24N2O3/c1-12(2)17(3,23)10-19-15(21)16(22)20-11-18(8-9-18)13-6-4-5-7-14(13)20/h4-7,12,23H,8-11H2,1-3H3,(H,19,21). The summed E-state index contributed by atoms with van der Waals surface area (Å²) < 4.78 is 0. The number of hydrogen-bond acceptors (Lipinski definition) is 3. The van der Waals surface area contributed by atoms with Gasteiger partial charge < -0.3 is 15.3 Å². The van der Waals surface area contributed by atoms with Crippen LogP contribution < -0.4 is 10.2 Å². The molecular formula is C18H24N2O3. The number of rotatable bonds is 3. The van der Waals surface area contributed by atoms with Gasteiger partial charge in [0.15, 0.2) is 0 Å². The number of fused-ring (bicyclic) bond motifs is 2. The minimum absolute atomic E-state index is 0.0138. The van der Waals surface area contributed by atoms with Gasteiger partial charge in [-0.2, -0.15) is 0 Å². The van der Waals surface area contributed by atoms with Crippen LogP contribution in [-0.4, -0.2) is 35.6 Å². The molecule has 1 aliphatic heterocycles. The number of amides is 2. The Hall–Kier alpha value is -1.88. The zero-order chi connectivity index (χ0) is 16.8.